The predicted octanol–water partition coefficient (Wildman–Crippen LogP) is 2.28. The monoisotopic (exact) mass is 315 g/mol. The number of rotatable bonds is 7. The molecule has 2 unspecified atom stereocenters. The average molecular weight is 315 g/mol. The molecule has 8 heteroatoms. The van der Waals surface area contributed by atoms with Gasteiger partial charge in [-0.2, -0.15) is 0 Å². The van der Waals surface area contributed by atoms with Crippen molar-refractivity contribution in [1.29, 1.82) is 0 Å². The second kappa shape index (κ2) is 7.48. The van der Waals surface area contributed by atoms with E-state index in [1.807, 2.05) is 0 Å². The number of carbonyl (C=O) groups is 1. The number of nitrogens with zero attached hydrogens (tertiary/aromatic N) is 1. The van der Waals surface area contributed by atoms with Crippen LogP contribution in [-0.4, -0.2) is 36.3 Å². The van der Waals surface area contributed by atoms with Crippen LogP contribution in [0.1, 0.15) is 25.3 Å². The first-order valence-electron chi connectivity index (χ1n) is 6.68. The average Bonchev–Trinajstić information content (AvgIpc) is 3.13. The lowest BCUT2D eigenvalue weighted by Gasteiger charge is -2.15. The Morgan fingerprint density at radius 3 is 3.10 bits per heavy atom. The van der Waals surface area contributed by atoms with Gasteiger partial charge < -0.3 is 14.2 Å². The van der Waals surface area contributed by atoms with Crippen molar-refractivity contribution < 1.29 is 23.9 Å². The first-order valence-corrected chi connectivity index (χ1v) is 7.56. The van der Waals surface area contributed by atoms with E-state index in [1.165, 1.54) is 6.07 Å². The molecule has 1 aromatic rings. The molecule has 2 heterocycles. The Morgan fingerprint density at radius 1 is 1.67 bits per heavy atom. The minimum atomic E-state index is -0.678. The van der Waals surface area contributed by atoms with Gasteiger partial charge in [-0.3, -0.25) is 10.1 Å². The second-order valence-corrected chi connectivity index (χ2v) is 5.66. The van der Waals surface area contributed by atoms with Crippen molar-refractivity contribution in [3.8, 4) is 0 Å². The van der Waals surface area contributed by atoms with Gasteiger partial charge in [-0.25, -0.2) is 4.79 Å². The third kappa shape index (κ3) is 4.76. The highest BCUT2D eigenvalue weighted by atomic mass is 32.1. The van der Waals surface area contributed by atoms with E-state index in [1.54, 1.807) is 12.3 Å². The number of carbonyl (C=O) groups excluding carboxylic acids is 1. The lowest BCUT2D eigenvalue weighted by atomic mass is 10.2. The van der Waals surface area contributed by atoms with Gasteiger partial charge in [-0.1, -0.05) is 11.3 Å². The van der Waals surface area contributed by atoms with Crippen LogP contribution in [0.2, 0.25) is 0 Å². The Hall–Kier alpha value is -1.51. The molecule has 1 saturated heterocycles. The van der Waals surface area contributed by atoms with Crippen LogP contribution in [0.15, 0.2) is 11.4 Å². The molecular weight excluding hydrogens is 298 g/mol. The van der Waals surface area contributed by atoms with Crippen LogP contribution in [-0.2, 0) is 25.6 Å². The van der Waals surface area contributed by atoms with Gasteiger partial charge in [0.05, 0.1) is 17.6 Å². The molecule has 0 N–H and O–H groups in total. The van der Waals surface area contributed by atoms with Gasteiger partial charge in [0.2, 0.25) is 0 Å². The molecule has 21 heavy (non-hydrogen) atoms. The third-order valence-corrected chi connectivity index (χ3v) is 4.02. The second-order valence-electron chi connectivity index (χ2n) is 4.77. The highest BCUT2D eigenvalue weighted by Gasteiger charge is 2.21. The summed E-state index contributed by atoms with van der Waals surface area (Å²) in [5.41, 5.74) is 0.603. The Bertz CT molecular complexity index is 497. The number of nitro groups is 1. The summed E-state index contributed by atoms with van der Waals surface area (Å²) in [6.07, 6.45) is 1.34. The van der Waals surface area contributed by atoms with Gasteiger partial charge in [-0.05, 0) is 19.8 Å². The molecule has 1 aromatic heterocycles. The normalized spacial score (nSPS) is 19.4. The molecular formula is C13H17NO6S. The van der Waals surface area contributed by atoms with E-state index in [4.69, 9.17) is 14.2 Å². The Kier molecular flexibility index (Phi) is 5.66. The summed E-state index contributed by atoms with van der Waals surface area (Å²) in [6, 6.07) is 1.40. The van der Waals surface area contributed by atoms with Crippen LogP contribution in [0.4, 0.5) is 5.00 Å². The van der Waals surface area contributed by atoms with E-state index in [0.29, 0.717) is 12.2 Å². The van der Waals surface area contributed by atoms with E-state index < -0.39 is 17.0 Å². The molecule has 1 fully saturated rings. The highest BCUT2D eigenvalue weighted by Crippen LogP contribution is 2.23. The summed E-state index contributed by atoms with van der Waals surface area (Å²) in [5, 5.41) is 12.2. The molecule has 0 radical (unpaired) electrons. The maximum atomic E-state index is 11.7. The van der Waals surface area contributed by atoms with Gasteiger partial charge in [0.15, 0.2) is 6.10 Å². The van der Waals surface area contributed by atoms with Crippen molar-refractivity contribution in [2.45, 2.75) is 38.6 Å². The van der Waals surface area contributed by atoms with E-state index in [9.17, 15) is 14.9 Å². The van der Waals surface area contributed by atoms with Crippen molar-refractivity contribution >= 4 is 22.3 Å². The van der Waals surface area contributed by atoms with Gasteiger partial charge in [0.1, 0.15) is 6.61 Å². The molecule has 0 bridgehead atoms. The molecule has 0 saturated carbocycles. The van der Waals surface area contributed by atoms with E-state index >= 15 is 0 Å². The molecule has 2 rings (SSSR count). The minimum absolute atomic E-state index is 0.0107. The van der Waals surface area contributed by atoms with E-state index in [0.717, 1.165) is 30.8 Å². The standard InChI is InChI=1S/C13H17NO6S/c1-9(19-7-11-3-2-4-18-11)13(15)20-6-10-5-12(14(16)17)21-8-10/h5,8-9,11H,2-4,6-7H2,1H3. The smallest absolute Gasteiger partial charge is 0.335 e. The molecule has 7 nitrogen and oxygen atoms in total. The summed E-state index contributed by atoms with van der Waals surface area (Å²) >= 11 is 1.01. The number of ether oxygens (including phenoxy) is 3. The lowest BCUT2D eigenvalue weighted by molar-refractivity contribution is -0.380. The quantitative estimate of drug-likeness (QED) is 0.436. The fourth-order valence-electron chi connectivity index (χ4n) is 1.90. The maximum Gasteiger partial charge on any atom is 0.335 e. The summed E-state index contributed by atoms with van der Waals surface area (Å²) in [7, 11) is 0. The third-order valence-electron chi connectivity index (χ3n) is 3.09. The Morgan fingerprint density at radius 2 is 2.48 bits per heavy atom. The lowest BCUT2D eigenvalue weighted by Crippen LogP contribution is -2.27. The zero-order valence-corrected chi connectivity index (χ0v) is 12.5. The van der Waals surface area contributed by atoms with Crippen LogP contribution in [0.5, 0.6) is 0 Å². The number of hydrogen-bond donors (Lipinski definition) is 0. The first-order chi connectivity index (χ1) is 10.1. The maximum absolute atomic E-state index is 11.7. The minimum Gasteiger partial charge on any atom is -0.459 e. The van der Waals surface area contributed by atoms with Gasteiger partial charge in [0, 0.05) is 23.6 Å². The molecule has 0 spiro atoms. The van der Waals surface area contributed by atoms with Crippen molar-refractivity contribution in [2.75, 3.05) is 13.2 Å². The number of hydrogen-bond acceptors (Lipinski definition) is 7. The van der Waals surface area contributed by atoms with Gasteiger partial charge >= 0.3 is 11.0 Å². The SMILES string of the molecule is CC(OCC1CCCO1)C(=O)OCc1csc([N+](=O)[O-])c1. The molecule has 2 atom stereocenters. The zero-order valence-electron chi connectivity index (χ0n) is 11.6. The van der Waals surface area contributed by atoms with Crippen LogP contribution in [0, 0.1) is 10.1 Å². The summed E-state index contributed by atoms with van der Waals surface area (Å²) < 4.78 is 15.9. The van der Waals surface area contributed by atoms with E-state index in [2.05, 4.69) is 0 Å². The van der Waals surface area contributed by atoms with Gasteiger partial charge in [-0.15, -0.1) is 0 Å². The molecule has 1 aliphatic heterocycles. The van der Waals surface area contributed by atoms with Crippen molar-refractivity contribution in [3.63, 3.8) is 0 Å². The number of thiophene rings is 1. The van der Waals surface area contributed by atoms with Crippen molar-refractivity contribution in [1.82, 2.24) is 0 Å². The number of esters is 1. The summed E-state index contributed by atoms with van der Waals surface area (Å²) in [4.78, 5) is 21.8. The molecule has 1 aliphatic rings. The topological polar surface area (TPSA) is 87.9 Å². The molecule has 116 valence electrons. The van der Waals surface area contributed by atoms with E-state index in [-0.39, 0.29) is 17.7 Å². The van der Waals surface area contributed by atoms with Gasteiger partial charge in [0.25, 0.3) is 0 Å². The molecule has 0 aliphatic carbocycles. The summed E-state index contributed by atoms with van der Waals surface area (Å²) in [6.45, 7) is 2.74. The Balaban J connectivity index is 1.71. The fourth-order valence-corrected chi connectivity index (χ4v) is 2.62. The van der Waals surface area contributed by atoms with Crippen LogP contribution in [0.3, 0.4) is 0 Å². The predicted molar refractivity (Wildman–Crippen MR) is 75.2 cm³/mol. The van der Waals surface area contributed by atoms with Crippen LogP contribution < -0.4 is 0 Å². The molecule has 0 aromatic carbocycles. The largest absolute Gasteiger partial charge is 0.459 e. The molecule has 0 amide bonds. The Labute approximate surface area is 126 Å². The first kappa shape index (κ1) is 15.9. The van der Waals surface area contributed by atoms with Crippen LogP contribution in [0.25, 0.3) is 0 Å². The highest BCUT2D eigenvalue weighted by molar-refractivity contribution is 7.13. The summed E-state index contributed by atoms with van der Waals surface area (Å²) in [5.74, 6) is -0.484. The fraction of sp³-hybridized carbons (Fsp3) is 0.615. The van der Waals surface area contributed by atoms with Crippen LogP contribution >= 0.6 is 11.3 Å². The van der Waals surface area contributed by atoms with Crippen molar-refractivity contribution in [2.24, 2.45) is 0 Å². The zero-order chi connectivity index (χ0) is 15.2. The van der Waals surface area contributed by atoms with Crippen molar-refractivity contribution in [3.05, 3.63) is 27.1 Å².